The summed E-state index contributed by atoms with van der Waals surface area (Å²) < 4.78 is 87.0. The second-order valence-corrected chi connectivity index (χ2v) is 9.04. The van der Waals surface area contributed by atoms with Crippen LogP contribution in [0.25, 0.3) is 0 Å². The van der Waals surface area contributed by atoms with Gasteiger partial charge >= 0.3 is 15.8 Å². The second-order valence-electron chi connectivity index (χ2n) is 3.64. The minimum Gasteiger partial charge on any atom is -0.741 e. The topological polar surface area (TPSA) is 109 Å². The van der Waals surface area contributed by atoms with E-state index in [0.29, 0.717) is 0 Å². The van der Waals surface area contributed by atoms with Crippen molar-refractivity contribution in [2.45, 2.75) is 9.30 Å². The molecule has 0 bridgehead atoms. The zero-order valence-corrected chi connectivity index (χ0v) is 14.8. The molecule has 0 atom stereocenters. The van der Waals surface area contributed by atoms with E-state index in [1.165, 1.54) is 23.3 Å². The first-order chi connectivity index (χ1) is 9.96. The molecular formula is C7H8Cl3F3N2O6S2. The Morgan fingerprint density at radius 2 is 1.65 bits per heavy atom. The van der Waals surface area contributed by atoms with E-state index in [0.717, 1.165) is 3.97 Å². The van der Waals surface area contributed by atoms with Crippen molar-refractivity contribution >= 4 is 55.2 Å². The van der Waals surface area contributed by atoms with Gasteiger partial charge in [0.05, 0.1) is 7.05 Å². The van der Waals surface area contributed by atoms with E-state index in [1.807, 2.05) is 0 Å². The lowest BCUT2D eigenvalue weighted by Gasteiger charge is -2.08. The zero-order chi connectivity index (χ0) is 18.7. The predicted octanol–water partition coefficient (Wildman–Crippen LogP) is 0.844. The van der Waals surface area contributed by atoms with Gasteiger partial charge in [0.15, 0.2) is 10.1 Å². The molecule has 0 amide bonds. The van der Waals surface area contributed by atoms with Gasteiger partial charge in [0, 0.05) is 0 Å². The number of imidazole rings is 1. The number of nitrogens with zero attached hydrogens (tertiary/aromatic N) is 2. The molecule has 1 rings (SSSR count). The van der Waals surface area contributed by atoms with Crippen molar-refractivity contribution in [1.29, 1.82) is 0 Å². The Hall–Kier alpha value is -0.310. The maximum atomic E-state index is 11.4. The van der Waals surface area contributed by atoms with Crippen LogP contribution in [0.4, 0.5) is 13.2 Å². The summed E-state index contributed by atoms with van der Waals surface area (Å²) in [6.07, 6.45) is 4.16. The third kappa shape index (κ3) is 8.93. The normalized spacial score (nSPS) is 13.4. The Morgan fingerprint density at radius 3 is 1.91 bits per heavy atom. The largest absolute Gasteiger partial charge is 0.741 e. The van der Waals surface area contributed by atoms with Crippen molar-refractivity contribution in [3.8, 4) is 0 Å². The van der Waals surface area contributed by atoms with Gasteiger partial charge in [0.1, 0.15) is 19.0 Å². The molecule has 1 heterocycles. The van der Waals surface area contributed by atoms with Crippen LogP contribution in [0.1, 0.15) is 0 Å². The van der Waals surface area contributed by atoms with Crippen molar-refractivity contribution in [2.75, 3.05) is 6.61 Å². The lowest BCUT2D eigenvalue weighted by atomic mass is 10.9. The fourth-order valence-corrected chi connectivity index (χ4v) is 2.03. The molecule has 16 heteroatoms. The molecule has 1 aromatic heterocycles. The van der Waals surface area contributed by atoms with Gasteiger partial charge in [-0.05, 0) is 0 Å². The molecule has 0 unspecified atom stereocenters. The van der Waals surface area contributed by atoms with Crippen LogP contribution in [0.3, 0.4) is 0 Å². The molecule has 0 aliphatic carbocycles. The van der Waals surface area contributed by atoms with Crippen LogP contribution in [0.5, 0.6) is 0 Å². The molecule has 0 saturated heterocycles. The number of aromatic nitrogens is 2. The minimum atomic E-state index is -6.09. The van der Waals surface area contributed by atoms with E-state index in [1.54, 1.807) is 7.05 Å². The lowest BCUT2D eigenvalue weighted by Crippen LogP contribution is -2.26. The number of rotatable bonds is 3. The summed E-state index contributed by atoms with van der Waals surface area (Å²) in [6.45, 7) is -0.540. The molecule has 1 aromatic rings. The van der Waals surface area contributed by atoms with Crippen molar-refractivity contribution < 1.29 is 43.3 Å². The summed E-state index contributed by atoms with van der Waals surface area (Å²) >= 11 is 16.1. The number of aryl methyl sites for hydroxylation is 1. The smallest absolute Gasteiger partial charge is 0.485 e. The Bertz CT molecular complexity index is 725. The van der Waals surface area contributed by atoms with Crippen molar-refractivity contribution in [3.63, 3.8) is 0 Å². The first-order valence-electron chi connectivity index (χ1n) is 4.98. The summed E-state index contributed by atoms with van der Waals surface area (Å²) in [5, 5.41) is 0. The Morgan fingerprint density at radius 1 is 1.22 bits per heavy atom. The third-order valence-electron chi connectivity index (χ3n) is 1.66. The van der Waals surface area contributed by atoms with Crippen molar-refractivity contribution in [2.24, 2.45) is 7.05 Å². The van der Waals surface area contributed by atoms with Crippen LogP contribution in [-0.4, -0.2) is 41.3 Å². The fourth-order valence-electron chi connectivity index (χ4n) is 0.762. The van der Waals surface area contributed by atoms with Crippen molar-refractivity contribution in [3.05, 3.63) is 18.7 Å². The average Bonchev–Trinajstić information content (AvgIpc) is 2.71. The highest BCUT2D eigenvalue weighted by Crippen LogP contribution is 2.26. The molecular weight excluding hydrogens is 436 g/mol. The predicted molar refractivity (Wildman–Crippen MR) is 71.9 cm³/mol. The van der Waals surface area contributed by atoms with Crippen LogP contribution in [0.15, 0.2) is 18.7 Å². The second kappa shape index (κ2) is 7.72. The van der Waals surface area contributed by atoms with Gasteiger partial charge in [0.25, 0.3) is 6.33 Å². The Labute approximate surface area is 144 Å². The number of alkyl halides is 6. The summed E-state index contributed by atoms with van der Waals surface area (Å²) in [5.41, 5.74) is -5.65. The van der Waals surface area contributed by atoms with Gasteiger partial charge < -0.3 is 4.55 Å². The minimum absolute atomic E-state index is 0.540. The monoisotopic (exact) mass is 442 g/mol. The Kier molecular flexibility index (Phi) is 7.61. The highest BCUT2D eigenvalue weighted by Gasteiger charge is 2.36. The molecule has 0 aliphatic rings. The van der Waals surface area contributed by atoms with E-state index in [2.05, 4.69) is 4.18 Å². The highest BCUT2D eigenvalue weighted by molar-refractivity contribution is 7.86. The van der Waals surface area contributed by atoms with Crippen LogP contribution in [0.2, 0.25) is 0 Å². The van der Waals surface area contributed by atoms with Crippen LogP contribution < -0.4 is 4.57 Å². The number of halogens is 6. The molecule has 0 N–H and O–H groups in total. The number of hydrogen-bond donors (Lipinski definition) is 0. The van der Waals surface area contributed by atoms with Crippen LogP contribution in [0, 0.1) is 0 Å². The summed E-state index contributed by atoms with van der Waals surface area (Å²) in [6, 6.07) is 0. The van der Waals surface area contributed by atoms with E-state index >= 15 is 0 Å². The molecule has 0 aliphatic heterocycles. The van der Waals surface area contributed by atoms with Gasteiger partial charge in [-0.15, -0.1) is 3.97 Å². The molecule has 0 radical (unpaired) electrons. The first-order valence-corrected chi connectivity index (χ1v) is 8.88. The fraction of sp³-hybridized carbons (Fsp3) is 0.571. The maximum absolute atomic E-state index is 11.4. The molecule has 0 saturated carbocycles. The van der Waals surface area contributed by atoms with E-state index < -0.39 is 36.3 Å². The van der Waals surface area contributed by atoms with Gasteiger partial charge in [0.2, 0.25) is 3.79 Å². The van der Waals surface area contributed by atoms with Gasteiger partial charge in [-0.25, -0.2) is 17.2 Å². The molecule has 23 heavy (non-hydrogen) atoms. The molecule has 136 valence electrons. The highest BCUT2D eigenvalue weighted by atomic mass is 35.6. The van der Waals surface area contributed by atoms with Gasteiger partial charge in [-0.2, -0.15) is 21.6 Å². The van der Waals surface area contributed by atoms with Crippen LogP contribution in [-0.2, 0) is 31.7 Å². The molecule has 0 aromatic carbocycles. The lowest BCUT2D eigenvalue weighted by molar-refractivity contribution is -0.670. The zero-order valence-electron chi connectivity index (χ0n) is 10.9. The molecule has 8 nitrogen and oxygen atoms in total. The van der Waals surface area contributed by atoms with Crippen LogP contribution >= 0.6 is 34.8 Å². The van der Waals surface area contributed by atoms with E-state index in [9.17, 15) is 21.6 Å². The summed E-state index contributed by atoms with van der Waals surface area (Å²) in [4.78, 5) is 0. The third-order valence-corrected chi connectivity index (χ3v) is 3.70. The first kappa shape index (κ1) is 22.7. The summed E-state index contributed by atoms with van der Waals surface area (Å²) in [7, 11) is -8.35. The molecule has 0 spiro atoms. The summed E-state index contributed by atoms with van der Waals surface area (Å²) in [5.74, 6) is 0. The van der Waals surface area contributed by atoms with E-state index in [4.69, 9.17) is 47.8 Å². The standard InChI is InChI=1S/C6H8Cl3N2O3S.CHF3O3S/c1-10-2-3-11(5-10)15(12,13)14-4-6(7,8)9;2-1(3,4)8(5,6)7/h2-3,5H,4H2,1H3;(H,5,6,7)/q+1;/p-1. The van der Waals surface area contributed by atoms with Gasteiger partial charge in [-0.3, -0.25) is 0 Å². The molecule has 0 fully saturated rings. The Balaban J connectivity index is 0.000000515. The maximum Gasteiger partial charge on any atom is 0.485 e. The van der Waals surface area contributed by atoms with Crippen molar-refractivity contribution in [1.82, 2.24) is 3.97 Å². The average molecular weight is 444 g/mol. The number of hydrogen-bond acceptors (Lipinski definition) is 6. The quantitative estimate of drug-likeness (QED) is 0.296. The van der Waals surface area contributed by atoms with Gasteiger partial charge in [-0.1, -0.05) is 34.8 Å². The SMILES string of the molecule is C[n+]1ccn(S(=O)(=O)OCC(Cl)(Cl)Cl)c1.O=S(=O)([O-])C(F)(F)F. The van der Waals surface area contributed by atoms with E-state index in [-0.39, 0.29) is 0 Å².